The van der Waals surface area contributed by atoms with E-state index in [1.807, 2.05) is 11.9 Å². The highest BCUT2D eigenvalue weighted by Crippen LogP contribution is 2.20. The number of likely N-dealkylation sites (tertiary alicyclic amines) is 1. The average Bonchev–Trinajstić information content (AvgIpc) is 3.49. The summed E-state index contributed by atoms with van der Waals surface area (Å²) in [6.07, 6.45) is 3.43. The van der Waals surface area contributed by atoms with E-state index in [4.69, 9.17) is 8.94 Å². The van der Waals surface area contributed by atoms with Crippen molar-refractivity contribution in [2.45, 2.75) is 30.6 Å². The van der Waals surface area contributed by atoms with Crippen LogP contribution >= 0.6 is 0 Å². The largest absolute Gasteiger partial charge is 0.461 e. The summed E-state index contributed by atoms with van der Waals surface area (Å²) in [7, 11) is -1.96. The van der Waals surface area contributed by atoms with Crippen LogP contribution in [0, 0.1) is 0 Å². The van der Waals surface area contributed by atoms with E-state index >= 15 is 0 Å². The lowest BCUT2D eigenvalue weighted by Crippen LogP contribution is -2.20. The number of nitrogens with zero attached hydrogens (tertiary/aromatic N) is 4. The van der Waals surface area contributed by atoms with Crippen molar-refractivity contribution in [3.8, 4) is 11.6 Å². The summed E-state index contributed by atoms with van der Waals surface area (Å²) < 4.78 is 39.2. The van der Waals surface area contributed by atoms with Crippen LogP contribution in [0.5, 0.6) is 0 Å². The molecule has 2 aromatic heterocycles. The second kappa shape index (κ2) is 8.72. The summed E-state index contributed by atoms with van der Waals surface area (Å²) in [5.74, 6) is 1.43. The van der Waals surface area contributed by atoms with Crippen LogP contribution in [0.3, 0.4) is 0 Å². The SMILES string of the molecule is CN1CCC/C1=N\S(=O)(=O)c1ccc(NC(=O)CCc2nc(-c3ccco3)no2)cc1. The molecule has 1 aliphatic rings. The molecule has 1 aromatic carbocycles. The van der Waals surface area contributed by atoms with E-state index in [1.54, 1.807) is 12.1 Å². The molecule has 4 rings (SSSR count). The van der Waals surface area contributed by atoms with Crippen LogP contribution in [0.4, 0.5) is 5.69 Å². The standard InChI is InChI=1S/C20H21N5O5S/c1-25-12-2-5-17(25)24-31(27,28)15-8-6-14(7-9-15)21-18(26)10-11-19-22-20(23-30-19)16-4-3-13-29-16/h3-4,6-9,13H,2,5,10-12H2,1H3,(H,21,26)/b24-17+. The predicted molar refractivity (Wildman–Crippen MR) is 112 cm³/mol. The number of hydrogen-bond donors (Lipinski definition) is 1. The van der Waals surface area contributed by atoms with E-state index in [0.717, 1.165) is 13.0 Å². The van der Waals surface area contributed by atoms with Crippen molar-refractivity contribution in [1.29, 1.82) is 0 Å². The van der Waals surface area contributed by atoms with Gasteiger partial charge in [-0.3, -0.25) is 4.79 Å². The summed E-state index contributed by atoms with van der Waals surface area (Å²) >= 11 is 0. The number of amidine groups is 1. The molecule has 0 bridgehead atoms. The van der Waals surface area contributed by atoms with Crippen LogP contribution in [0.15, 0.2) is 60.9 Å². The maximum Gasteiger partial charge on any atom is 0.283 e. The highest BCUT2D eigenvalue weighted by Gasteiger charge is 2.20. The van der Waals surface area contributed by atoms with Crippen molar-refractivity contribution in [3.05, 3.63) is 48.6 Å². The highest BCUT2D eigenvalue weighted by molar-refractivity contribution is 7.90. The number of sulfonamides is 1. The Morgan fingerprint density at radius 2 is 2.06 bits per heavy atom. The van der Waals surface area contributed by atoms with Crippen molar-refractivity contribution in [2.24, 2.45) is 4.40 Å². The molecule has 31 heavy (non-hydrogen) atoms. The first kappa shape index (κ1) is 20.8. The third-order valence-electron chi connectivity index (χ3n) is 4.77. The van der Waals surface area contributed by atoms with Crippen LogP contribution in [0.2, 0.25) is 0 Å². The molecule has 10 nitrogen and oxygen atoms in total. The number of hydrogen-bond acceptors (Lipinski definition) is 7. The fraction of sp³-hybridized carbons (Fsp3) is 0.300. The van der Waals surface area contributed by atoms with Gasteiger partial charge in [0.15, 0.2) is 5.76 Å². The number of nitrogens with one attached hydrogen (secondary N) is 1. The van der Waals surface area contributed by atoms with Gasteiger partial charge in [-0.2, -0.15) is 13.4 Å². The van der Waals surface area contributed by atoms with Gasteiger partial charge in [0.2, 0.25) is 17.6 Å². The topological polar surface area (TPSA) is 131 Å². The van der Waals surface area contributed by atoms with Crippen LogP contribution in [-0.2, 0) is 21.2 Å². The zero-order valence-electron chi connectivity index (χ0n) is 16.8. The minimum Gasteiger partial charge on any atom is -0.461 e. The van der Waals surface area contributed by atoms with E-state index < -0.39 is 10.0 Å². The van der Waals surface area contributed by atoms with Crippen molar-refractivity contribution in [3.63, 3.8) is 0 Å². The first-order valence-corrected chi connectivity index (χ1v) is 11.2. The Hall–Kier alpha value is -3.47. The molecule has 0 spiro atoms. The molecule has 1 aliphatic heterocycles. The zero-order valence-corrected chi connectivity index (χ0v) is 17.6. The van der Waals surface area contributed by atoms with E-state index in [2.05, 4.69) is 19.9 Å². The summed E-state index contributed by atoms with van der Waals surface area (Å²) in [6, 6.07) is 9.35. The lowest BCUT2D eigenvalue weighted by Gasteiger charge is -2.11. The summed E-state index contributed by atoms with van der Waals surface area (Å²) in [4.78, 5) is 18.3. The molecule has 1 fully saturated rings. The Morgan fingerprint density at radius 1 is 1.26 bits per heavy atom. The maximum absolute atomic E-state index is 12.5. The van der Waals surface area contributed by atoms with E-state index in [9.17, 15) is 13.2 Å². The maximum atomic E-state index is 12.5. The van der Waals surface area contributed by atoms with Gasteiger partial charge in [0.1, 0.15) is 5.84 Å². The molecule has 1 N–H and O–H groups in total. The van der Waals surface area contributed by atoms with Crippen molar-refractivity contribution < 1.29 is 22.2 Å². The lowest BCUT2D eigenvalue weighted by molar-refractivity contribution is -0.116. The molecular weight excluding hydrogens is 422 g/mol. The molecule has 1 amide bonds. The minimum absolute atomic E-state index is 0.0783. The molecule has 0 saturated carbocycles. The fourth-order valence-electron chi connectivity index (χ4n) is 3.12. The molecule has 0 aliphatic carbocycles. The molecular formula is C20H21N5O5S. The van der Waals surface area contributed by atoms with Gasteiger partial charge in [0.05, 0.1) is 11.2 Å². The average molecular weight is 443 g/mol. The fourth-order valence-corrected chi connectivity index (χ4v) is 4.21. The number of carbonyl (C=O) groups is 1. The van der Waals surface area contributed by atoms with Gasteiger partial charge < -0.3 is 19.2 Å². The third kappa shape index (κ3) is 5.00. The lowest BCUT2D eigenvalue weighted by atomic mass is 10.2. The smallest absolute Gasteiger partial charge is 0.283 e. The van der Waals surface area contributed by atoms with Crippen LogP contribution < -0.4 is 5.32 Å². The molecule has 3 aromatic rings. The Labute approximate surface area is 179 Å². The summed E-state index contributed by atoms with van der Waals surface area (Å²) in [5, 5.41) is 6.53. The Kier molecular flexibility index (Phi) is 5.85. The van der Waals surface area contributed by atoms with Gasteiger partial charge in [-0.15, -0.1) is 4.40 Å². The number of amides is 1. The molecule has 162 valence electrons. The number of benzene rings is 1. The van der Waals surface area contributed by atoms with E-state index in [0.29, 0.717) is 35.4 Å². The summed E-state index contributed by atoms with van der Waals surface area (Å²) in [5.41, 5.74) is 0.483. The first-order valence-electron chi connectivity index (χ1n) is 9.72. The first-order chi connectivity index (χ1) is 14.9. The zero-order chi connectivity index (χ0) is 21.8. The number of anilines is 1. The van der Waals surface area contributed by atoms with Gasteiger partial charge in [-0.05, 0) is 42.8 Å². The molecule has 3 heterocycles. The van der Waals surface area contributed by atoms with Gasteiger partial charge >= 0.3 is 0 Å². The molecule has 1 saturated heterocycles. The third-order valence-corrected chi connectivity index (χ3v) is 6.09. The highest BCUT2D eigenvalue weighted by atomic mass is 32.2. The molecule has 0 unspecified atom stereocenters. The quantitative estimate of drug-likeness (QED) is 0.590. The number of rotatable bonds is 7. The Morgan fingerprint density at radius 3 is 2.74 bits per heavy atom. The van der Waals surface area contributed by atoms with Gasteiger partial charge in [-0.25, -0.2) is 0 Å². The Balaban J connectivity index is 1.33. The number of furan rings is 1. The van der Waals surface area contributed by atoms with Crippen LogP contribution in [0.25, 0.3) is 11.6 Å². The van der Waals surface area contributed by atoms with E-state index in [-0.39, 0.29) is 23.6 Å². The van der Waals surface area contributed by atoms with Crippen LogP contribution in [0.1, 0.15) is 25.2 Å². The summed E-state index contributed by atoms with van der Waals surface area (Å²) in [6.45, 7) is 0.799. The van der Waals surface area contributed by atoms with Gasteiger partial charge in [0, 0.05) is 38.5 Å². The van der Waals surface area contributed by atoms with Gasteiger partial charge in [0.25, 0.3) is 10.0 Å². The number of aromatic nitrogens is 2. The van der Waals surface area contributed by atoms with Crippen LogP contribution in [-0.4, -0.2) is 48.8 Å². The predicted octanol–water partition coefficient (Wildman–Crippen LogP) is 2.71. The second-order valence-electron chi connectivity index (χ2n) is 7.07. The van der Waals surface area contributed by atoms with E-state index in [1.165, 1.54) is 30.5 Å². The second-order valence-corrected chi connectivity index (χ2v) is 8.67. The number of carbonyl (C=O) groups excluding carboxylic acids is 1. The molecule has 0 radical (unpaired) electrons. The monoisotopic (exact) mass is 443 g/mol. The van der Waals surface area contributed by atoms with Gasteiger partial charge in [-0.1, -0.05) is 5.16 Å². The Bertz CT molecular complexity index is 1180. The molecule has 0 atom stereocenters. The van der Waals surface area contributed by atoms with Crippen molar-refractivity contribution in [2.75, 3.05) is 18.9 Å². The minimum atomic E-state index is -3.79. The van der Waals surface area contributed by atoms with Crippen molar-refractivity contribution in [1.82, 2.24) is 15.0 Å². The normalized spacial score (nSPS) is 15.5. The van der Waals surface area contributed by atoms with Crippen molar-refractivity contribution >= 4 is 27.5 Å². The molecule has 11 heteroatoms. The number of aryl methyl sites for hydroxylation is 1.